The highest BCUT2D eigenvalue weighted by molar-refractivity contribution is 9.10. The minimum atomic E-state index is -0.214. The molecule has 1 heterocycles. The fourth-order valence-electron chi connectivity index (χ4n) is 2.05. The maximum Gasteiger partial charge on any atom is 0.124 e. The molecular formula is C15H17BrFNS. The zero-order chi connectivity index (χ0) is 13.8. The number of nitrogens with one attached hydrogen (secondary N) is 1. The van der Waals surface area contributed by atoms with Crippen molar-refractivity contribution in [3.8, 4) is 0 Å². The van der Waals surface area contributed by atoms with Crippen LogP contribution in [-0.2, 0) is 13.0 Å². The first-order chi connectivity index (χ1) is 9.11. The van der Waals surface area contributed by atoms with Crippen LogP contribution in [0.1, 0.15) is 35.9 Å². The maximum absolute atomic E-state index is 13.1. The van der Waals surface area contributed by atoms with Crippen LogP contribution in [-0.4, -0.2) is 0 Å². The van der Waals surface area contributed by atoms with Gasteiger partial charge < -0.3 is 5.32 Å². The summed E-state index contributed by atoms with van der Waals surface area (Å²) in [6.07, 6.45) is 1.06. The van der Waals surface area contributed by atoms with E-state index in [2.05, 4.69) is 46.5 Å². The second-order valence-corrected chi connectivity index (χ2v) is 6.35. The highest BCUT2D eigenvalue weighted by Crippen LogP contribution is 2.25. The van der Waals surface area contributed by atoms with Crippen molar-refractivity contribution in [3.63, 3.8) is 0 Å². The Hall–Kier alpha value is -0.710. The number of hydrogen-bond donors (Lipinski definition) is 1. The first-order valence-electron chi connectivity index (χ1n) is 6.35. The van der Waals surface area contributed by atoms with Crippen LogP contribution in [0.3, 0.4) is 0 Å². The molecule has 0 fully saturated rings. The molecule has 0 aliphatic heterocycles. The van der Waals surface area contributed by atoms with Crippen LogP contribution in [0.2, 0.25) is 0 Å². The van der Waals surface area contributed by atoms with Gasteiger partial charge >= 0.3 is 0 Å². The second kappa shape index (κ2) is 6.64. The molecule has 0 bridgehead atoms. The number of halogens is 2. The summed E-state index contributed by atoms with van der Waals surface area (Å²) in [4.78, 5) is 1.38. The Labute approximate surface area is 126 Å². The van der Waals surface area contributed by atoms with Gasteiger partial charge in [-0.05, 0) is 48.1 Å². The molecule has 1 aromatic carbocycles. The van der Waals surface area contributed by atoms with Gasteiger partial charge in [-0.1, -0.05) is 28.9 Å². The SMILES string of the molecule is CCc1ccsc1CNC(C)c1ccc(F)cc1Br. The van der Waals surface area contributed by atoms with Gasteiger partial charge in [-0.3, -0.25) is 0 Å². The third-order valence-corrected chi connectivity index (χ3v) is 4.87. The zero-order valence-electron chi connectivity index (χ0n) is 11.0. The molecule has 1 unspecified atom stereocenters. The standard InChI is InChI=1S/C15H17BrFNS/c1-3-11-6-7-19-15(11)9-18-10(2)13-5-4-12(17)8-14(13)16/h4-8,10,18H,3,9H2,1-2H3. The Morgan fingerprint density at radius 3 is 2.84 bits per heavy atom. The van der Waals surface area contributed by atoms with E-state index >= 15 is 0 Å². The molecule has 4 heteroatoms. The van der Waals surface area contributed by atoms with Crippen LogP contribution in [0.4, 0.5) is 4.39 Å². The Balaban J connectivity index is 2.03. The van der Waals surface area contributed by atoms with E-state index in [1.807, 2.05) is 6.07 Å². The van der Waals surface area contributed by atoms with Crippen molar-refractivity contribution in [3.05, 3.63) is 55.9 Å². The van der Waals surface area contributed by atoms with E-state index in [0.717, 1.165) is 23.0 Å². The quantitative estimate of drug-likeness (QED) is 0.801. The van der Waals surface area contributed by atoms with Gasteiger partial charge in [0.25, 0.3) is 0 Å². The van der Waals surface area contributed by atoms with Crippen LogP contribution in [0.5, 0.6) is 0 Å². The highest BCUT2D eigenvalue weighted by Gasteiger charge is 2.11. The third-order valence-electron chi connectivity index (χ3n) is 3.22. The van der Waals surface area contributed by atoms with Gasteiger partial charge in [0, 0.05) is 21.9 Å². The summed E-state index contributed by atoms with van der Waals surface area (Å²) in [7, 11) is 0. The fraction of sp³-hybridized carbons (Fsp3) is 0.333. The first-order valence-corrected chi connectivity index (χ1v) is 8.02. The molecule has 1 nitrogen and oxygen atoms in total. The first kappa shape index (κ1) is 14.7. The Morgan fingerprint density at radius 2 is 2.16 bits per heavy atom. The lowest BCUT2D eigenvalue weighted by Crippen LogP contribution is -2.18. The molecule has 0 saturated carbocycles. The molecule has 1 aromatic heterocycles. The summed E-state index contributed by atoms with van der Waals surface area (Å²) < 4.78 is 13.9. The molecule has 0 radical (unpaired) electrons. The minimum Gasteiger partial charge on any atom is -0.305 e. The van der Waals surface area contributed by atoms with E-state index in [1.165, 1.54) is 22.6 Å². The van der Waals surface area contributed by atoms with Crippen LogP contribution in [0.25, 0.3) is 0 Å². The smallest absolute Gasteiger partial charge is 0.124 e. The van der Waals surface area contributed by atoms with Crippen LogP contribution >= 0.6 is 27.3 Å². The van der Waals surface area contributed by atoms with Gasteiger partial charge in [0.2, 0.25) is 0 Å². The van der Waals surface area contributed by atoms with E-state index in [4.69, 9.17) is 0 Å². The van der Waals surface area contributed by atoms with Crippen molar-refractivity contribution >= 4 is 27.3 Å². The number of thiophene rings is 1. The van der Waals surface area contributed by atoms with Gasteiger partial charge in [-0.15, -0.1) is 11.3 Å². The Morgan fingerprint density at radius 1 is 1.37 bits per heavy atom. The lowest BCUT2D eigenvalue weighted by Gasteiger charge is -2.16. The lowest BCUT2D eigenvalue weighted by molar-refractivity contribution is 0.571. The summed E-state index contributed by atoms with van der Waals surface area (Å²) in [5.74, 6) is -0.214. The lowest BCUT2D eigenvalue weighted by atomic mass is 10.1. The second-order valence-electron chi connectivity index (χ2n) is 4.49. The molecule has 0 amide bonds. The fourth-order valence-corrected chi connectivity index (χ4v) is 3.67. The molecule has 2 rings (SSSR count). The van der Waals surface area contributed by atoms with E-state index in [9.17, 15) is 4.39 Å². The maximum atomic E-state index is 13.1. The number of benzene rings is 1. The molecule has 0 aliphatic carbocycles. The molecule has 102 valence electrons. The highest BCUT2D eigenvalue weighted by atomic mass is 79.9. The van der Waals surface area contributed by atoms with Crippen LogP contribution in [0.15, 0.2) is 34.1 Å². The van der Waals surface area contributed by atoms with E-state index in [-0.39, 0.29) is 11.9 Å². The predicted molar refractivity (Wildman–Crippen MR) is 83.1 cm³/mol. The molecule has 0 aliphatic rings. The molecule has 0 spiro atoms. The summed E-state index contributed by atoms with van der Waals surface area (Å²) in [6, 6.07) is 7.20. The summed E-state index contributed by atoms with van der Waals surface area (Å²) in [5, 5.41) is 5.63. The zero-order valence-corrected chi connectivity index (χ0v) is 13.4. The minimum absolute atomic E-state index is 0.182. The Bertz CT molecular complexity index is 553. The normalized spacial score (nSPS) is 12.6. The van der Waals surface area contributed by atoms with E-state index < -0.39 is 0 Å². The summed E-state index contributed by atoms with van der Waals surface area (Å²) in [6.45, 7) is 5.12. The topological polar surface area (TPSA) is 12.0 Å². The number of aryl methyl sites for hydroxylation is 1. The Kier molecular flexibility index (Phi) is 5.13. The largest absolute Gasteiger partial charge is 0.305 e. The number of rotatable bonds is 5. The molecular weight excluding hydrogens is 325 g/mol. The van der Waals surface area contributed by atoms with Crippen molar-refractivity contribution in [2.45, 2.75) is 32.9 Å². The van der Waals surface area contributed by atoms with Crippen molar-refractivity contribution < 1.29 is 4.39 Å². The van der Waals surface area contributed by atoms with Gasteiger partial charge in [-0.2, -0.15) is 0 Å². The summed E-state index contributed by atoms with van der Waals surface area (Å²) in [5.41, 5.74) is 2.49. The third kappa shape index (κ3) is 3.65. The van der Waals surface area contributed by atoms with Crippen molar-refractivity contribution in [2.24, 2.45) is 0 Å². The molecule has 19 heavy (non-hydrogen) atoms. The van der Waals surface area contributed by atoms with Crippen molar-refractivity contribution in [1.29, 1.82) is 0 Å². The monoisotopic (exact) mass is 341 g/mol. The summed E-state index contributed by atoms with van der Waals surface area (Å²) >= 11 is 5.20. The average molecular weight is 342 g/mol. The molecule has 1 N–H and O–H groups in total. The van der Waals surface area contributed by atoms with Gasteiger partial charge in [0.05, 0.1) is 0 Å². The van der Waals surface area contributed by atoms with E-state index in [1.54, 1.807) is 11.3 Å². The van der Waals surface area contributed by atoms with Gasteiger partial charge in [0.15, 0.2) is 0 Å². The van der Waals surface area contributed by atoms with Crippen molar-refractivity contribution in [2.75, 3.05) is 0 Å². The van der Waals surface area contributed by atoms with Crippen LogP contribution in [0, 0.1) is 5.82 Å². The molecule has 2 aromatic rings. The number of hydrogen-bond acceptors (Lipinski definition) is 2. The van der Waals surface area contributed by atoms with Gasteiger partial charge in [-0.25, -0.2) is 4.39 Å². The van der Waals surface area contributed by atoms with Crippen molar-refractivity contribution in [1.82, 2.24) is 5.32 Å². The predicted octanol–water partition coefficient (Wildman–Crippen LogP) is 5.06. The molecule has 1 atom stereocenters. The van der Waals surface area contributed by atoms with Crippen LogP contribution < -0.4 is 5.32 Å². The van der Waals surface area contributed by atoms with E-state index in [0.29, 0.717) is 0 Å². The van der Waals surface area contributed by atoms with Gasteiger partial charge in [0.1, 0.15) is 5.82 Å². The average Bonchev–Trinajstić information content (AvgIpc) is 2.83. The molecule has 0 saturated heterocycles.